The third kappa shape index (κ3) is 2.91. The van der Waals surface area contributed by atoms with Crippen molar-refractivity contribution in [2.45, 2.75) is 26.2 Å². The van der Waals surface area contributed by atoms with Gasteiger partial charge in [-0.25, -0.2) is 0 Å². The molecule has 1 aliphatic heterocycles. The van der Waals surface area contributed by atoms with Crippen molar-refractivity contribution in [1.82, 2.24) is 0 Å². The summed E-state index contributed by atoms with van der Waals surface area (Å²) in [5.74, 6) is 5.71. The number of aryl methyl sites for hydroxylation is 1. The molecule has 0 unspecified atom stereocenters. The summed E-state index contributed by atoms with van der Waals surface area (Å²) >= 11 is 0. The van der Waals surface area contributed by atoms with E-state index in [2.05, 4.69) is 11.8 Å². The summed E-state index contributed by atoms with van der Waals surface area (Å²) in [6.07, 6.45) is 2.67. The first-order chi connectivity index (χ1) is 8.70. The number of carbonyl (C=O) groups excluding carboxylic acids is 1. The van der Waals surface area contributed by atoms with Gasteiger partial charge in [0.15, 0.2) is 0 Å². The van der Waals surface area contributed by atoms with Crippen molar-refractivity contribution in [1.29, 1.82) is 0 Å². The third-order valence-electron chi connectivity index (χ3n) is 3.01. The van der Waals surface area contributed by atoms with Crippen LogP contribution in [0, 0.1) is 18.8 Å². The van der Waals surface area contributed by atoms with Gasteiger partial charge in [0.05, 0.1) is 0 Å². The lowest BCUT2D eigenvalue weighted by Crippen LogP contribution is -2.35. The molecule has 1 N–H and O–H groups in total. The number of anilines is 1. The number of rotatable bonds is 1. The van der Waals surface area contributed by atoms with Crippen LogP contribution in [0.2, 0.25) is 0 Å². The second kappa shape index (κ2) is 5.70. The summed E-state index contributed by atoms with van der Waals surface area (Å²) in [5.41, 5.74) is 2.84. The number of aliphatic hydroxyl groups is 1. The van der Waals surface area contributed by atoms with E-state index in [-0.39, 0.29) is 12.5 Å². The molecule has 1 heterocycles. The molecule has 3 heteroatoms. The molecule has 2 rings (SSSR count). The van der Waals surface area contributed by atoms with Crippen molar-refractivity contribution in [2.75, 3.05) is 18.1 Å². The molecule has 1 fully saturated rings. The van der Waals surface area contributed by atoms with E-state index in [1.165, 1.54) is 0 Å². The topological polar surface area (TPSA) is 40.5 Å². The number of aliphatic hydroxyl groups excluding tert-OH is 1. The third-order valence-corrected chi connectivity index (χ3v) is 3.01. The minimum atomic E-state index is -0.147. The summed E-state index contributed by atoms with van der Waals surface area (Å²) in [6.45, 7) is 2.63. The van der Waals surface area contributed by atoms with Crippen LogP contribution < -0.4 is 4.90 Å². The van der Waals surface area contributed by atoms with Gasteiger partial charge in [0.25, 0.3) is 0 Å². The fourth-order valence-electron chi connectivity index (χ4n) is 2.21. The van der Waals surface area contributed by atoms with Gasteiger partial charge in [-0.1, -0.05) is 11.8 Å². The Hall–Kier alpha value is -1.79. The zero-order valence-electron chi connectivity index (χ0n) is 10.6. The van der Waals surface area contributed by atoms with E-state index in [0.717, 1.165) is 36.2 Å². The summed E-state index contributed by atoms with van der Waals surface area (Å²) in [6, 6.07) is 5.88. The van der Waals surface area contributed by atoms with Crippen LogP contribution in [0.5, 0.6) is 0 Å². The smallest absolute Gasteiger partial charge is 0.226 e. The molecule has 18 heavy (non-hydrogen) atoms. The highest BCUT2D eigenvalue weighted by Gasteiger charge is 2.19. The first kappa shape index (κ1) is 12.7. The van der Waals surface area contributed by atoms with Crippen molar-refractivity contribution in [2.24, 2.45) is 0 Å². The number of hydrogen-bond donors (Lipinski definition) is 1. The summed E-state index contributed by atoms with van der Waals surface area (Å²) in [5, 5.41) is 8.72. The average molecular weight is 243 g/mol. The molecule has 0 saturated carbocycles. The monoisotopic (exact) mass is 243 g/mol. The molecule has 1 aromatic rings. The fraction of sp³-hybridized carbons (Fsp3) is 0.400. The lowest BCUT2D eigenvalue weighted by molar-refractivity contribution is -0.119. The Bertz CT molecular complexity index is 511. The molecular formula is C15H17NO2. The standard InChI is InChI=1S/C15H17NO2/c1-12-9-13(5-4-8-17)11-14(10-12)16-7-3-2-6-15(16)18/h9-11,17H,2-3,6-8H2,1H3. The molecule has 3 nitrogen and oxygen atoms in total. The van der Waals surface area contributed by atoms with E-state index < -0.39 is 0 Å². The van der Waals surface area contributed by atoms with Gasteiger partial charge < -0.3 is 10.0 Å². The maximum Gasteiger partial charge on any atom is 0.226 e. The minimum Gasteiger partial charge on any atom is -0.384 e. The summed E-state index contributed by atoms with van der Waals surface area (Å²) in [4.78, 5) is 13.7. The van der Waals surface area contributed by atoms with Crippen molar-refractivity contribution < 1.29 is 9.90 Å². The van der Waals surface area contributed by atoms with Crippen LogP contribution in [0.3, 0.4) is 0 Å². The number of nitrogens with zero attached hydrogens (tertiary/aromatic N) is 1. The van der Waals surface area contributed by atoms with Crippen LogP contribution in [0.15, 0.2) is 18.2 Å². The molecule has 0 atom stereocenters. The Balaban J connectivity index is 2.32. The van der Waals surface area contributed by atoms with Crippen LogP contribution in [0.4, 0.5) is 5.69 Å². The van der Waals surface area contributed by atoms with Crippen LogP contribution in [0.25, 0.3) is 0 Å². The van der Waals surface area contributed by atoms with E-state index in [0.29, 0.717) is 6.42 Å². The van der Waals surface area contributed by atoms with E-state index >= 15 is 0 Å². The zero-order chi connectivity index (χ0) is 13.0. The molecule has 0 aliphatic carbocycles. The van der Waals surface area contributed by atoms with E-state index in [4.69, 9.17) is 5.11 Å². The van der Waals surface area contributed by atoms with Crippen LogP contribution in [0.1, 0.15) is 30.4 Å². The van der Waals surface area contributed by atoms with Gasteiger partial charge in [-0.2, -0.15) is 0 Å². The molecule has 0 bridgehead atoms. The molecule has 1 aliphatic rings. The Morgan fingerprint density at radius 1 is 1.33 bits per heavy atom. The first-order valence-electron chi connectivity index (χ1n) is 6.22. The highest BCUT2D eigenvalue weighted by molar-refractivity contribution is 5.94. The average Bonchev–Trinajstić information content (AvgIpc) is 2.36. The maximum absolute atomic E-state index is 11.9. The van der Waals surface area contributed by atoms with E-state index in [9.17, 15) is 4.79 Å². The largest absolute Gasteiger partial charge is 0.384 e. The second-order valence-corrected chi connectivity index (χ2v) is 4.52. The van der Waals surface area contributed by atoms with Gasteiger partial charge in [-0.3, -0.25) is 4.79 Å². The highest BCUT2D eigenvalue weighted by atomic mass is 16.2. The molecular weight excluding hydrogens is 226 g/mol. The SMILES string of the molecule is Cc1cc(C#CCO)cc(N2CCCCC2=O)c1. The molecule has 94 valence electrons. The Morgan fingerprint density at radius 3 is 2.89 bits per heavy atom. The minimum absolute atomic E-state index is 0.147. The maximum atomic E-state index is 11.9. The lowest BCUT2D eigenvalue weighted by Gasteiger charge is -2.27. The molecule has 1 amide bonds. The molecule has 0 radical (unpaired) electrons. The van der Waals surface area contributed by atoms with Gasteiger partial charge in [0.2, 0.25) is 5.91 Å². The van der Waals surface area contributed by atoms with Gasteiger partial charge in [0.1, 0.15) is 6.61 Å². The summed E-state index contributed by atoms with van der Waals surface area (Å²) < 4.78 is 0. The van der Waals surface area contributed by atoms with E-state index in [1.807, 2.05) is 30.0 Å². The number of hydrogen-bond acceptors (Lipinski definition) is 2. The normalized spacial score (nSPS) is 15.2. The summed E-state index contributed by atoms with van der Waals surface area (Å²) in [7, 11) is 0. The number of carbonyl (C=O) groups is 1. The van der Waals surface area contributed by atoms with Crippen molar-refractivity contribution in [3.63, 3.8) is 0 Å². The molecule has 0 aromatic heterocycles. The second-order valence-electron chi connectivity index (χ2n) is 4.52. The predicted octanol–water partition coefficient (Wildman–Crippen LogP) is 1.86. The van der Waals surface area contributed by atoms with Gasteiger partial charge in [-0.15, -0.1) is 0 Å². The highest BCUT2D eigenvalue weighted by Crippen LogP contribution is 2.23. The first-order valence-corrected chi connectivity index (χ1v) is 6.22. The van der Waals surface area contributed by atoms with Gasteiger partial charge >= 0.3 is 0 Å². The number of benzene rings is 1. The predicted molar refractivity (Wildman–Crippen MR) is 71.3 cm³/mol. The number of amides is 1. The Morgan fingerprint density at radius 2 is 2.17 bits per heavy atom. The van der Waals surface area contributed by atoms with E-state index in [1.54, 1.807) is 0 Å². The Labute approximate surface area is 107 Å². The molecule has 0 spiro atoms. The lowest BCUT2D eigenvalue weighted by atomic mass is 10.1. The fourth-order valence-corrected chi connectivity index (χ4v) is 2.21. The zero-order valence-corrected chi connectivity index (χ0v) is 10.6. The quantitative estimate of drug-likeness (QED) is 0.765. The number of piperidine rings is 1. The van der Waals surface area contributed by atoms with Crippen molar-refractivity contribution >= 4 is 11.6 Å². The van der Waals surface area contributed by atoms with Gasteiger partial charge in [-0.05, 0) is 43.5 Å². The molecule has 1 saturated heterocycles. The molecule has 1 aromatic carbocycles. The van der Waals surface area contributed by atoms with Gasteiger partial charge in [0, 0.05) is 24.2 Å². The van der Waals surface area contributed by atoms with Crippen LogP contribution in [-0.4, -0.2) is 24.2 Å². The van der Waals surface area contributed by atoms with Crippen molar-refractivity contribution in [3.8, 4) is 11.8 Å². The Kier molecular flexibility index (Phi) is 4.01. The van der Waals surface area contributed by atoms with Crippen molar-refractivity contribution in [3.05, 3.63) is 29.3 Å². The van der Waals surface area contributed by atoms with Crippen LogP contribution in [-0.2, 0) is 4.79 Å². The van der Waals surface area contributed by atoms with Crippen LogP contribution >= 0.6 is 0 Å².